The minimum Gasteiger partial charge on any atom is -0.495 e. The maximum absolute atomic E-state index is 12.2. The van der Waals surface area contributed by atoms with Crippen LogP contribution in [0.3, 0.4) is 0 Å². The molecule has 0 aliphatic carbocycles. The molecule has 0 spiro atoms. The van der Waals surface area contributed by atoms with E-state index in [0.29, 0.717) is 12.2 Å². The normalized spacial score (nSPS) is 10.2. The van der Waals surface area contributed by atoms with Crippen molar-refractivity contribution in [1.82, 2.24) is 4.98 Å². The van der Waals surface area contributed by atoms with Gasteiger partial charge >= 0.3 is 0 Å². The third-order valence-electron chi connectivity index (χ3n) is 4.03. The summed E-state index contributed by atoms with van der Waals surface area (Å²) in [6.45, 7) is 2.00. The second kappa shape index (κ2) is 8.16. The fraction of sp³-hybridized carbons (Fsp3) is 0.143. The SMILES string of the molecule is COc1ccccc1Nc1ccc(NC(=O)Cc2ccccc2C)nc1. The summed E-state index contributed by atoms with van der Waals surface area (Å²) >= 11 is 0. The lowest BCUT2D eigenvalue weighted by molar-refractivity contribution is -0.115. The number of methoxy groups -OCH3 is 1. The number of aryl methyl sites for hydroxylation is 1. The van der Waals surface area contributed by atoms with E-state index in [1.165, 1.54) is 0 Å². The topological polar surface area (TPSA) is 63.2 Å². The molecule has 0 fully saturated rings. The number of nitrogens with zero attached hydrogens (tertiary/aromatic N) is 1. The number of aromatic nitrogens is 1. The highest BCUT2D eigenvalue weighted by Crippen LogP contribution is 2.26. The van der Waals surface area contributed by atoms with Crippen molar-refractivity contribution in [3.05, 3.63) is 78.0 Å². The molecular weight excluding hydrogens is 326 g/mol. The molecule has 3 aromatic rings. The van der Waals surface area contributed by atoms with E-state index in [1.54, 1.807) is 19.4 Å². The molecule has 132 valence electrons. The lowest BCUT2D eigenvalue weighted by Gasteiger charge is -2.11. The molecule has 26 heavy (non-hydrogen) atoms. The van der Waals surface area contributed by atoms with Crippen LogP contribution in [0.5, 0.6) is 5.75 Å². The number of benzene rings is 2. The van der Waals surface area contributed by atoms with Crippen LogP contribution in [0.2, 0.25) is 0 Å². The highest BCUT2D eigenvalue weighted by atomic mass is 16.5. The van der Waals surface area contributed by atoms with Gasteiger partial charge in [0, 0.05) is 0 Å². The highest BCUT2D eigenvalue weighted by molar-refractivity contribution is 5.91. The molecule has 1 aromatic heterocycles. The van der Waals surface area contributed by atoms with Gasteiger partial charge in [-0.3, -0.25) is 4.79 Å². The van der Waals surface area contributed by atoms with E-state index in [4.69, 9.17) is 4.74 Å². The summed E-state index contributed by atoms with van der Waals surface area (Å²) in [6.07, 6.45) is 2.01. The number of ether oxygens (including phenoxy) is 1. The van der Waals surface area contributed by atoms with E-state index in [2.05, 4.69) is 15.6 Å². The predicted octanol–water partition coefficient (Wildman–Crippen LogP) is 4.32. The molecule has 3 rings (SSSR count). The van der Waals surface area contributed by atoms with Crippen LogP contribution in [0.25, 0.3) is 0 Å². The average molecular weight is 347 g/mol. The molecule has 2 aromatic carbocycles. The summed E-state index contributed by atoms with van der Waals surface area (Å²) in [7, 11) is 1.63. The Hall–Kier alpha value is -3.34. The molecule has 0 unspecified atom stereocenters. The Bertz CT molecular complexity index is 892. The first-order valence-corrected chi connectivity index (χ1v) is 8.36. The van der Waals surface area contributed by atoms with Crippen LogP contribution in [0.15, 0.2) is 66.9 Å². The molecule has 1 amide bonds. The van der Waals surface area contributed by atoms with Gasteiger partial charge in [-0.2, -0.15) is 0 Å². The monoisotopic (exact) mass is 347 g/mol. The molecule has 0 bridgehead atoms. The van der Waals surface area contributed by atoms with E-state index < -0.39 is 0 Å². The van der Waals surface area contributed by atoms with Gasteiger partial charge in [-0.05, 0) is 42.3 Å². The summed E-state index contributed by atoms with van der Waals surface area (Å²) < 4.78 is 5.32. The zero-order valence-corrected chi connectivity index (χ0v) is 14.8. The van der Waals surface area contributed by atoms with Crippen LogP contribution >= 0.6 is 0 Å². The van der Waals surface area contributed by atoms with Crippen molar-refractivity contribution < 1.29 is 9.53 Å². The zero-order valence-electron chi connectivity index (χ0n) is 14.8. The molecular formula is C21H21N3O2. The van der Waals surface area contributed by atoms with Gasteiger partial charge in [0.2, 0.25) is 5.91 Å². The van der Waals surface area contributed by atoms with Crippen LogP contribution in [-0.2, 0) is 11.2 Å². The maximum atomic E-state index is 12.2. The Morgan fingerprint density at radius 3 is 2.54 bits per heavy atom. The summed E-state index contributed by atoms with van der Waals surface area (Å²) in [5.41, 5.74) is 3.78. The van der Waals surface area contributed by atoms with E-state index >= 15 is 0 Å². The Labute approximate surface area is 153 Å². The summed E-state index contributed by atoms with van der Waals surface area (Å²) in [5.74, 6) is 1.19. The maximum Gasteiger partial charge on any atom is 0.229 e. The molecule has 0 saturated carbocycles. The molecule has 0 aliphatic heterocycles. The van der Waals surface area contributed by atoms with Gasteiger partial charge in [0.15, 0.2) is 0 Å². The number of carbonyl (C=O) groups is 1. The Morgan fingerprint density at radius 1 is 1.04 bits per heavy atom. The van der Waals surface area contributed by atoms with Crippen molar-refractivity contribution in [2.24, 2.45) is 0 Å². The zero-order chi connectivity index (χ0) is 18.4. The van der Waals surface area contributed by atoms with Crippen molar-refractivity contribution >= 4 is 23.1 Å². The van der Waals surface area contributed by atoms with Crippen LogP contribution in [0.1, 0.15) is 11.1 Å². The van der Waals surface area contributed by atoms with Crippen molar-refractivity contribution in [2.75, 3.05) is 17.7 Å². The lowest BCUT2D eigenvalue weighted by atomic mass is 10.1. The van der Waals surface area contributed by atoms with Crippen molar-refractivity contribution in [1.29, 1.82) is 0 Å². The first kappa shape index (κ1) is 17.5. The average Bonchev–Trinajstić information content (AvgIpc) is 2.66. The van der Waals surface area contributed by atoms with Gasteiger partial charge in [-0.15, -0.1) is 0 Å². The lowest BCUT2D eigenvalue weighted by Crippen LogP contribution is -2.15. The number of amides is 1. The molecule has 2 N–H and O–H groups in total. The molecule has 0 atom stereocenters. The summed E-state index contributed by atoms with van der Waals surface area (Å²) in [6, 6.07) is 19.1. The van der Waals surface area contributed by atoms with Gasteiger partial charge < -0.3 is 15.4 Å². The minimum absolute atomic E-state index is 0.0859. The third-order valence-corrected chi connectivity index (χ3v) is 4.03. The first-order valence-electron chi connectivity index (χ1n) is 8.36. The second-order valence-corrected chi connectivity index (χ2v) is 5.91. The number of hydrogen-bond donors (Lipinski definition) is 2. The van der Waals surface area contributed by atoms with E-state index in [9.17, 15) is 4.79 Å². The number of hydrogen-bond acceptors (Lipinski definition) is 4. The molecule has 0 saturated heterocycles. The van der Waals surface area contributed by atoms with E-state index in [-0.39, 0.29) is 5.91 Å². The van der Waals surface area contributed by atoms with Gasteiger partial charge in [0.05, 0.1) is 31.1 Å². The fourth-order valence-corrected chi connectivity index (χ4v) is 2.61. The molecule has 0 aliphatic rings. The quantitative estimate of drug-likeness (QED) is 0.697. The third kappa shape index (κ3) is 4.39. The highest BCUT2D eigenvalue weighted by Gasteiger charge is 2.07. The van der Waals surface area contributed by atoms with Crippen molar-refractivity contribution in [3.63, 3.8) is 0 Å². The Kier molecular flexibility index (Phi) is 5.49. The van der Waals surface area contributed by atoms with Crippen LogP contribution < -0.4 is 15.4 Å². The van der Waals surface area contributed by atoms with E-state index in [0.717, 1.165) is 28.3 Å². The van der Waals surface area contributed by atoms with Gasteiger partial charge in [0.1, 0.15) is 11.6 Å². The predicted molar refractivity (Wildman–Crippen MR) is 104 cm³/mol. The summed E-state index contributed by atoms with van der Waals surface area (Å²) in [5, 5.41) is 6.08. The van der Waals surface area contributed by atoms with Crippen molar-refractivity contribution in [2.45, 2.75) is 13.3 Å². The fourth-order valence-electron chi connectivity index (χ4n) is 2.61. The Morgan fingerprint density at radius 2 is 1.81 bits per heavy atom. The summed E-state index contributed by atoms with van der Waals surface area (Å²) in [4.78, 5) is 16.5. The van der Waals surface area contributed by atoms with Crippen LogP contribution in [0, 0.1) is 6.92 Å². The van der Waals surface area contributed by atoms with Crippen LogP contribution in [0.4, 0.5) is 17.2 Å². The molecule has 5 nitrogen and oxygen atoms in total. The van der Waals surface area contributed by atoms with E-state index in [1.807, 2.05) is 61.5 Å². The number of rotatable bonds is 6. The van der Waals surface area contributed by atoms with Crippen molar-refractivity contribution in [3.8, 4) is 5.75 Å². The first-order chi connectivity index (χ1) is 12.7. The molecule has 5 heteroatoms. The standard InChI is InChI=1S/C21H21N3O2/c1-15-7-3-4-8-16(15)13-21(25)24-20-12-11-17(14-22-20)23-18-9-5-6-10-19(18)26-2/h3-12,14,23H,13H2,1-2H3,(H,22,24,25). The van der Waals surface area contributed by atoms with Gasteiger partial charge in [-0.25, -0.2) is 4.98 Å². The van der Waals surface area contributed by atoms with Gasteiger partial charge in [0.25, 0.3) is 0 Å². The second-order valence-electron chi connectivity index (χ2n) is 5.91. The minimum atomic E-state index is -0.0859. The molecule has 1 heterocycles. The Balaban J connectivity index is 1.62. The number of pyridine rings is 1. The number of nitrogens with one attached hydrogen (secondary N) is 2. The van der Waals surface area contributed by atoms with Crippen LogP contribution in [-0.4, -0.2) is 18.0 Å². The number of carbonyl (C=O) groups excluding carboxylic acids is 1. The number of para-hydroxylation sites is 2. The largest absolute Gasteiger partial charge is 0.495 e. The smallest absolute Gasteiger partial charge is 0.229 e. The molecule has 0 radical (unpaired) electrons. The number of anilines is 3. The van der Waals surface area contributed by atoms with Gasteiger partial charge in [-0.1, -0.05) is 36.4 Å².